The third-order valence-corrected chi connectivity index (χ3v) is 2.76. The van der Waals surface area contributed by atoms with Gasteiger partial charge in [-0.05, 0) is 12.5 Å². The summed E-state index contributed by atoms with van der Waals surface area (Å²) < 4.78 is 1.48. The molecule has 1 amide bonds. The van der Waals surface area contributed by atoms with Crippen molar-refractivity contribution in [1.29, 1.82) is 5.39 Å². The molecule has 1 aromatic heterocycles. The number of aromatic nitrogens is 2. The van der Waals surface area contributed by atoms with E-state index in [1.165, 1.54) is 4.68 Å². The van der Waals surface area contributed by atoms with Crippen LogP contribution < -0.4 is 5.32 Å². The number of carbonyl (C=O) groups is 1. The molecule has 0 fully saturated rings. The van der Waals surface area contributed by atoms with Gasteiger partial charge in [0.05, 0.1) is 6.42 Å². The van der Waals surface area contributed by atoms with Crippen molar-refractivity contribution in [2.24, 2.45) is 7.05 Å². The number of amides is 1. The summed E-state index contributed by atoms with van der Waals surface area (Å²) in [4.78, 5) is 15.1. The van der Waals surface area contributed by atoms with E-state index in [1.54, 1.807) is 14.0 Å². The van der Waals surface area contributed by atoms with Crippen molar-refractivity contribution >= 4 is 17.4 Å². The zero-order valence-electron chi connectivity index (χ0n) is 10.8. The van der Waals surface area contributed by atoms with E-state index in [4.69, 9.17) is 5.39 Å². The van der Waals surface area contributed by atoms with Gasteiger partial charge in [0.1, 0.15) is 0 Å². The van der Waals surface area contributed by atoms with Gasteiger partial charge >= 0.3 is 5.69 Å². The molecule has 0 atom stereocenters. The number of rotatable bonds is 3. The summed E-state index contributed by atoms with van der Waals surface area (Å²) in [5.41, 5.74) is 1.75. The Balaban J connectivity index is 2.14. The maximum absolute atomic E-state index is 11.9. The monoisotopic (exact) mass is 256 g/mol. The zero-order valence-corrected chi connectivity index (χ0v) is 10.8. The summed E-state index contributed by atoms with van der Waals surface area (Å²) in [5.74, 6) is 0.208. The van der Waals surface area contributed by atoms with Crippen LogP contribution >= 0.6 is 0 Å². The fourth-order valence-electron chi connectivity index (χ4n) is 1.86. The normalized spacial score (nSPS) is 9.95. The standard InChI is InChI=1S/C13H13N5O/c1-9-12(16-14)13(18(2)17-9)15-11(19)8-10-6-4-3-5-7-10/h3-7H,8H2,1-2H3/p+1. The van der Waals surface area contributed by atoms with Gasteiger partial charge in [-0.3, -0.25) is 4.79 Å². The Hall–Kier alpha value is -2.68. The molecule has 0 saturated carbocycles. The zero-order chi connectivity index (χ0) is 13.8. The van der Waals surface area contributed by atoms with Crippen LogP contribution in [0.3, 0.4) is 0 Å². The molecular formula is C13H14N5O+. The van der Waals surface area contributed by atoms with Crippen LogP contribution in [0.2, 0.25) is 0 Å². The van der Waals surface area contributed by atoms with Gasteiger partial charge in [-0.1, -0.05) is 30.3 Å². The highest BCUT2D eigenvalue weighted by Crippen LogP contribution is 2.28. The van der Waals surface area contributed by atoms with Gasteiger partial charge in [0.2, 0.25) is 17.1 Å². The van der Waals surface area contributed by atoms with Crippen LogP contribution in [-0.4, -0.2) is 15.7 Å². The molecule has 2 aromatic rings. The maximum Gasteiger partial charge on any atom is 0.449 e. The first-order chi connectivity index (χ1) is 9.11. The van der Waals surface area contributed by atoms with Crippen molar-refractivity contribution in [2.75, 3.05) is 5.32 Å². The Labute approximate surface area is 110 Å². The summed E-state index contributed by atoms with van der Waals surface area (Å²) in [6.07, 6.45) is 0.260. The molecule has 1 aromatic carbocycles. The highest BCUT2D eigenvalue weighted by molar-refractivity contribution is 5.94. The molecule has 96 valence electrons. The Morgan fingerprint density at radius 3 is 2.74 bits per heavy atom. The predicted octanol–water partition coefficient (Wildman–Crippen LogP) is 2.39. The SMILES string of the molecule is Cc1nn(C)c(NC(=O)Cc2ccccc2)c1[N+]#N. The number of anilines is 1. The van der Waals surface area contributed by atoms with Gasteiger partial charge in [-0.25, -0.2) is 4.68 Å². The fraction of sp³-hybridized carbons (Fsp3) is 0.231. The van der Waals surface area contributed by atoms with Crippen molar-refractivity contribution in [3.63, 3.8) is 0 Å². The van der Waals surface area contributed by atoms with Gasteiger partial charge in [0, 0.05) is 7.05 Å². The van der Waals surface area contributed by atoms with Gasteiger partial charge < -0.3 is 5.32 Å². The number of hydrogen-bond acceptors (Lipinski definition) is 3. The summed E-state index contributed by atoms with van der Waals surface area (Å²) in [5, 5.41) is 15.7. The predicted molar refractivity (Wildman–Crippen MR) is 71.5 cm³/mol. The average molecular weight is 256 g/mol. The van der Waals surface area contributed by atoms with E-state index in [0.29, 0.717) is 11.5 Å². The van der Waals surface area contributed by atoms with Crippen molar-refractivity contribution in [2.45, 2.75) is 13.3 Å². The van der Waals surface area contributed by atoms with E-state index >= 15 is 0 Å². The third kappa shape index (κ3) is 2.77. The van der Waals surface area contributed by atoms with E-state index in [1.807, 2.05) is 30.3 Å². The van der Waals surface area contributed by atoms with Crippen LogP contribution in [0.15, 0.2) is 30.3 Å². The van der Waals surface area contributed by atoms with Crippen LogP contribution in [-0.2, 0) is 18.3 Å². The molecule has 0 unspecified atom stereocenters. The van der Waals surface area contributed by atoms with Crippen LogP contribution in [0.4, 0.5) is 11.5 Å². The molecule has 0 radical (unpaired) electrons. The fourth-order valence-corrected chi connectivity index (χ4v) is 1.86. The quantitative estimate of drug-likeness (QED) is 0.857. The third-order valence-electron chi connectivity index (χ3n) is 2.76. The second kappa shape index (κ2) is 5.31. The Bertz CT molecular complexity index is 639. The first kappa shape index (κ1) is 12.8. The van der Waals surface area contributed by atoms with Crippen LogP contribution in [0.5, 0.6) is 0 Å². The molecule has 0 aliphatic heterocycles. The lowest BCUT2D eigenvalue weighted by Gasteiger charge is -2.03. The molecular weight excluding hydrogens is 242 g/mol. The van der Waals surface area contributed by atoms with Gasteiger partial charge in [0.15, 0.2) is 10.7 Å². The summed E-state index contributed by atoms with van der Waals surface area (Å²) in [6.45, 7) is 1.71. The average Bonchev–Trinajstić information content (AvgIpc) is 2.65. The first-order valence-corrected chi connectivity index (χ1v) is 5.84. The van der Waals surface area contributed by atoms with Gasteiger partial charge in [-0.15, -0.1) is 0 Å². The van der Waals surface area contributed by atoms with Crippen LogP contribution in [0.1, 0.15) is 11.3 Å². The number of nitrogens with zero attached hydrogens (tertiary/aromatic N) is 4. The second-order valence-electron chi connectivity index (χ2n) is 4.22. The number of diazo groups is 1. The molecule has 6 nitrogen and oxygen atoms in total. The highest BCUT2D eigenvalue weighted by atomic mass is 16.1. The molecule has 0 aliphatic carbocycles. The largest absolute Gasteiger partial charge is 0.449 e. The summed E-state index contributed by atoms with van der Waals surface area (Å²) >= 11 is 0. The number of hydrogen-bond donors (Lipinski definition) is 1. The van der Waals surface area contributed by atoms with Crippen molar-refractivity contribution in [3.8, 4) is 0 Å². The number of aryl methyl sites for hydroxylation is 2. The second-order valence-corrected chi connectivity index (χ2v) is 4.22. The lowest BCUT2D eigenvalue weighted by molar-refractivity contribution is -0.115. The lowest BCUT2D eigenvalue weighted by atomic mass is 10.1. The maximum atomic E-state index is 11.9. The summed E-state index contributed by atoms with van der Waals surface area (Å²) in [7, 11) is 1.68. The summed E-state index contributed by atoms with van der Waals surface area (Å²) in [6, 6.07) is 9.42. The highest BCUT2D eigenvalue weighted by Gasteiger charge is 2.25. The topological polar surface area (TPSA) is 75.1 Å². The smallest absolute Gasteiger partial charge is 0.304 e. The minimum Gasteiger partial charge on any atom is -0.304 e. The number of nitrogens with one attached hydrogen (secondary N) is 1. The number of carbonyl (C=O) groups excluding carboxylic acids is 1. The Morgan fingerprint density at radius 1 is 1.42 bits per heavy atom. The van der Waals surface area contributed by atoms with E-state index in [0.717, 1.165) is 5.56 Å². The van der Waals surface area contributed by atoms with E-state index < -0.39 is 0 Å². The molecule has 6 heteroatoms. The molecule has 0 bridgehead atoms. The van der Waals surface area contributed by atoms with Crippen LogP contribution in [0, 0.1) is 12.3 Å². The van der Waals surface area contributed by atoms with Gasteiger partial charge in [-0.2, -0.15) is 5.10 Å². The molecule has 0 aliphatic rings. The molecule has 1 heterocycles. The number of benzene rings is 1. The minimum absolute atomic E-state index is 0.181. The Kier molecular flexibility index (Phi) is 3.57. The lowest BCUT2D eigenvalue weighted by Crippen LogP contribution is -2.16. The molecule has 2 rings (SSSR count). The van der Waals surface area contributed by atoms with Crippen molar-refractivity contribution in [3.05, 3.63) is 46.6 Å². The first-order valence-electron chi connectivity index (χ1n) is 5.84. The van der Waals surface area contributed by atoms with Crippen molar-refractivity contribution in [1.82, 2.24) is 9.78 Å². The Morgan fingerprint density at radius 2 is 2.11 bits per heavy atom. The van der Waals surface area contributed by atoms with Crippen molar-refractivity contribution < 1.29 is 4.79 Å². The van der Waals surface area contributed by atoms with Crippen LogP contribution in [0.25, 0.3) is 4.98 Å². The molecule has 1 N–H and O–H groups in total. The molecule has 0 spiro atoms. The van der Waals surface area contributed by atoms with Gasteiger partial charge in [0.25, 0.3) is 0 Å². The van der Waals surface area contributed by atoms with E-state index in [9.17, 15) is 4.79 Å². The van der Waals surface area contributed by atoms with E-state index in [2.05, 4.69) is 15.4 Å². The van der Waals surface area contributed by atoms with E-state index in [-0.39, 0.29) is 18.0 Å². The molecule has 19 heavy (non-hydrogen) atoms. The minimum atomic E-state index is -0.181. The molecule has 0 saturated heterocycles.